The van der Waals surface area contributed by atoms with E-state index in [1.807, 2.05) is 78.9 Å². The number of fused-ring (bicyclic) bond motifs is 6. The van der Waals surface area contributed by atoms with Gasteiger partial charge in [0.2, 0.25) is 0 Å². The molecule has 0 unspecified atom stereocenters. The van der Waals surface area contributed by atoms with Crippen LogP contribution in [0.15, 0.2) is 91.1 Å². The Morgan fingerprint density at radius 1 is 0.872 bits per heavy atom. The fourth-order valence-corrected chi connectivity index (χ4v) is 5.39. The maximum absolute atomic E-state index is 14.2. The molecule has 2 aliphatic rings. The van der Waals surface area contributed by atoms with Crippen molar-refractivity contribution in [3.05, 3.63) is 108 Å². The van der Waals surface area contributed by atoms with Gasteiger partial charge >= 0.3 is 6.09 Å². The van der Waals surface area contributed by atoms with Gasteiger partial charge < -0.3 is 14.2 Å². The highest BCUT2D eigenvalue weighted by atomic mass is 16.6. The number of ether oxygens (including phenoxy) is 3. The molecule has 0 aliphatic carbocycles. The van der Waals surface area contributed by atoms with Crippen LogP contribution in [-0.2, 0) is 22.6 Å². The third-order valence-electron chi connectivity index (χ3n) is 7.19. The van der Waals surface area contributed by atoms with E-state index < -0.39 is 18.3 Å². The first-order valence-electron chi connectivity index (χ1n) is 12.7. The lowest BCUT2D eigenvalue weighted by molar-refractivity contribution is -0.119. The van der Waals surface area contributed by atoms with Gasteiger partial charge in [0.15, 0.2) is 11.5 Å². The van der Waals surface area contributed by atoms with Gasteiger partial charge in [-0.2, -0.15) is 0 Å². The van der Waals surface area contributed by atoms with Crippen LogP contribution in [0.1, 0.15) is 22.9 Å². The normalized spacial score (nSPS) is 17.2. The number of aromatic nitrogens is 1. The third kappa shape index (κ3) is 4.24. The van der Waals surface area contributed by atoms with E-state index in [9.17, 15) is 9.59 Å². The largest absolute Gasteiger partial charge is 0.493 e. The van der Waals surface area contributed by atoms with Gasteiger partial charge in [-0.05, 0) is 23.3 Å². The van der Waals surface area contributed by atoms with Crippen LogP contribution in [0.4, 0.5) is 10.5 Å². The number of rotatable bonds is 6. The van der Waals surface area contributed by atoms with Crippen LogP contribution in [0.3, 0.4) is 0 Å². The number of benzene rings is 3. The maximum atomic E-state index is 14.2. The zero-order chi connectivity index (χ0) is 26.9. The molecule has 8 nitrogen and oxygen atoms in total. The Hall–Kier alpha value is -4.85. The number of hydrogen-bond acceptors (Lipinski definition) is 6. The summed E-state index contributed by atoms with van der Waals surface area (Å²) in [4.78, 5) is 35.9. The molecule has 6 rings (SSSR count). The summed E-state index contributed by atoms with van der Waals surface area (Å²) in [6, 6.07) is 25.7. The average Bonchev–Trinajstić information content (AvgIpc) is 3.28. The lowest BCUT2D eigenvalue weighted by Crippen LogP contribution is -2.41. The third-order valence-corrected chi connectivity index (χ3v) is 7.19. The van der Waals surface area contributed by atoms with E-state index in [-0.39, 0.29) is 12.5 Å². The lowest BCUT2D eigenvalue weighted by Gasteiger charge is -2.36. The highest BCUT2D eigenvalue weighted by Gasteiger charge is 2.54. The first-order chi connectivity index (χ1) is 19.1. The van der Waals surface area contributed by atoms with Crippen molar-refractivity contribution < 1.29 is 23.8 Å². The minimum Gasteiger partial charge on any atom is -0.493 e. The standard InChI is InChI=1S/C31H27N3O5/c1-37-26-17-23-24(18-27(26)38-2)33-29(22-14-9-15-32-28(22)23)34(31(36)39-19-21-12-7-4-8-13-21)25(30(33)35)16-20-10-5-3-6-11-20/h3-15,17-18,25,29H,16,19H2,1-2H3/t25-,29+/m1/s1. The molecule has 2 aliphatic heterocycles. The van der Waals surface area contributed by atoms with Crippen molar-refractivity contribution in [3.63, 3.8) is 0 Å². The SMILES string of the molecule is COc1cc2c(cc1OC)N1C(=O)[C@@H](Cc3ccccc3)N(C(=O)OCc3ccccc3)[C@H]1c1cccnc1-2. The molecule has 1 aromatic heterocycles. The van der Waals surface area contributed by atoms with Crippen LogP contribution in [0.5, 0.6) is 11.5 Å². The van der Waals surface area contributed by atoms with E-state index in [4.69, 9.17) is 14.2 Å². The van der Waals surface area contributed by atoms with Crippen molar-refractivity contribution in [2.24, 2.45) is 0 Å². The molecule has 2 amide bonds. The number of amides is 2. The van der Waals surface area contributed by atoms with Crippen molar-refractivity contribution in [1.29, 1.82) is 0 Å². The van der Waals surface area contributed by atoms with Crippen molar-refractivity contribution in [1.82, 2.24) is 9.88 Å². The fourth-order valence-electron chi connectivity index (χ4n) is 5.39. The van der Waals surface area contributed by atoms with Crippen LogP contribution in [-0.4, -0.2) is 42.1 Å². The predicted octanol–water partition coefficient (Wildman–Crippen LogP) is 5.37. The molecule has 0 spiro atoms. The van der Waals surface area contributed by atoms with Gasteiger partial charge in [0, 0.05) is 29.8 Å². The Morgan fingerprint density at radius 2 is 1.54 bits per heavy atom. The van der Waals surface area contributed by atoms with Crippen molar-refractivity contribution in [2.75, 3.05) is 19.1 Å². The molecule has 0 N–H and O–H groups in total. The molecule has 8 heteroatoms. The highest BCUT2D eigenvalue weighted by molar-refractivity contribution is 6.08. The minimum atomic E-state index is -0.784. The van der Waals surface area contributed by atoms with Crippen molar-refractivity contribution in [2.45, 2.75) is 25.2 Å². The number of anilines is 1. The molecular formula is C31H27N3O5. The van der Waals surface area contributed by atoms with E-state index in [1.165, 1.54) is 0 Å². The van der Waals surface area contributed by atoms with E-state index in [0.717, 1.165) is 22.3 Å². The van der Waals surface area contributed by atoms with Gasteiger partial charge in [-0.15, -0.1) is 0 Å². The van der Waals surface area contributed by atoms with Crippen LogP contribution in [0.25, 0.3) is 11.3 Å². The number of pyridine rings is 1. The fraction of sp³-hybridized carbons (Fsp3) is 0.194. The molecule has 0 bridgehead atoms. The smallest absolute Gasteiger partial charge is 0.412 e. The molecule has 4 aromatic rings. The molecule has 3 heterocycles. The van der Waals surface area contributed by atoms with E-state index in [1.54, 1.807) is 36.3 Å². The van der Waals surface area contributed by atoms with Crippen LogP contribution in [0, 0.1) is 0 Å². The summed E-state index contributed by atoms with van der Waals surface area (Å²) in [7, 11) is 3.12. The number of hydrogen-bond donors (Lipinski definition) is 0. The second kappa shape index (κ2) is 10.1. The molecule has 1 saturated heterocycles. The van der Waals surface area contributed by atoms with Crippen molar-refractivity contribution in [3.8, 4) is 22.8 Å². The zero-order valence-electron chi connectivity index (χ0n) is 21.6. The Balaban J connectivity index is 1.47. The molecule has 1 fully saturated rings. The predicted molar refractivity (Wildman–Crippen MR) is 145 cm³/mol. The summed E-state index contributed by atoms with van der Waals surface area (Å²) in [6.45, 7) is 0.0939. The Labute approximate surface area is 226 Å². The number of carbonyl (C=O) groups excluding carboxylic acids is 2. The van der Waals surface area contributed by atoms with Crippen LogP contribution in [0.2, 0.25) is 0 Å². The van der Waals surface area contributed by atoms with E-state index in [0.29, 0.717) is 29.3 Å². The van der Waals surface area contributed by atoms with Crippen LogP contribution < -0.4 is 14.4 Å². The van der Waals surface area contributed by atoms with Crippen LogP contribution >= 0.6 is 0 Å². The van der Waals surface area contributed by atoms with E-state index in [2.05, 4.69) is 4.98 Å². The van der Waals surface area contributed by atoms with Gasteiger partial charge in [-0.25, -0.2) is 4.79 Å². The monoisotopic (exact) mass is 521 g/mol. The second-order valence-electron chi connectivity index (χ2n) is 9.40. The summed E-state index contributed by atoms with van der Waals surface area (Å²) in [5.41, 5.74) is 4.54. The van der Waals surface area contributed by atoms with Gasteiger partial charge in [0.25, 0.3) is 5.91 Å². The maximum Gasteiger partial charge on any atom is 0.412 e. The Kier molecular flexibility index (Phi) is 6.36. The topological polar surface area (TPSA) is 81.2 Å². The zero-order valence-corrected chi connectivity index (χ0v) is 21.6. The highest BCUT2D eigenvalue weighted by Crippen LogP contribution is 2.52. The van der Waals surface area contributed by atoms with E-state index >= 15 is 0 Å². The average molecular weight is 522 g/mol. The Morgan fingerprint density at radius 3 is 2.23 bits per heavy atom. The second-order valence-corrected chi connectivity index (χ2v) is 9.40. The summed E-state index contributed by atoms with van der Waals surface area (Å²) in [6.07, 6.45) is 0.736. The quantitative estimate of drug-likeness (QED) is 0.339. The molecule has 2 atom stereocenters. The summed E-state index contributed by atoms with van der Waals surface area (Å²) in [5.74, 6) is 0.799. The summed E-state index contributed by atoms with van der Waals surface area (Å²) in [5, 5.41) is 0. The molecule has 3 aromatic carbocycles. The first kappa shape index (κ1) is 24.5. The number of carbonyl (C=O) groups is 2. The molecule has 0 saturated carbocycles. The molecule has 0 radical (unpaired) electrons. The van der Waals surface area contributed by atoms with Gasteiger partial charge in [0.1, 0.15) is 18.8 Å². The minimum absolute atomic E-state index is 0.0939. The van der Waals surface area contributed by atoms with Crippen molar-refractivity contribution >= 4 is 17.7 Å². The number of nitrogens with zero attached hydrogens (tertiary/aromatic N) is 3. The molecular weight excluding hydrogens is 494 g/mol. The van der Waals surface area contributed by atoms with Gasteiger partial charge in [0.05, 0.1) is 25.6 Å². The summed E-state index contributed by atoms with van der Waals surface area (Å²) >= 11 is 0. The number of methoxy groups -OCH3 is 2. The molecule has 196 valence electrons. The molecule has 39 heavy (non-hydrogen) atoms. The Bertz CT molecular complexity index is 1530. The first-order valence-corrected chi connectivity index (χ1v) is 12.7. The van der Waals surface area contributed by atoms with Gasteiger partial charge in [-0.3, -0.25) is 19.6 Å². The lowest BCUT2D eigenvalue weighted by atomic mass is 9.95. The van der Waals surface area contributed by atoms with Gasteiger partial charge in [-0.1, -0.05) is 66.7 Å². The summed E-state index contributed by atoms with van der Waals surface area (Å²) < 4.78 is 16.9.